The molecule has 0 bridgehead atoms. The summed E-state index contributed by atoms with van der Waals surface area (Å²) in [5.41, 5.74) is -0.448. The number of nitrogens with zero attached hydrogens (tertiary/aromatic N) is 2. The molecule has 2 aliphatic rings. The molecule has 1 amide bonds. The first kappa shape index (κ1) is 18.0. The average molecular weight is 390 g/mol. The Hall–Kier alpha value is -2.36. The highest BCUT2D eigenvalue weighted by Gasteiger charge is 2.46. The number of anilines is 1. The summed E-state index contributed by atoms with van der Waals surface area (Å²) in [6.07, 6.45) is 2.78. The number of hydrogen-bond donors (Lipinski definition) is 2. The van der Waals surface area contributed by atoms with Crippen LogP contribution in [0.25, 0.3) is 0 Å². The van der Waals surface area contributed by atoms with Crippen molar-refractivity contribution in [2.24, 2.45) is 0 Å². The molecule has 1 fully saturated rings. The van der Waals surface area contributed by atoms with Crippen LogP contribution in [0.2, 0.25) is 0 Å². The second-order valence-corrected chi connectivity index (χ2v) is 8.58. The van der Waals surface area contributed by atoms with Gasteiger partial charge in [-0.25, -0.2) is 9.37 Å². The minimum absolute atomic E-state index is 0.101. The van der Waals surface area contributed by atoms with Gasteiger partial charge in [-0.15, -0.1) is 4.72 Å². The second kappa shape index (κ2) is 6.66. The van der Waals surface area contributed by atoms with Crippen LogP contribution in [-0.2, 0) is 14.6 Å². The van der Waals surface area contributed by atoms with Gasteiger partial charge in [-0.3, -0.25) is 4.79 Å². The lowest BCUT2D eigenvalue weighted by Crippen LogP contribution is -2.63. The zero-order valence-corrected chi connectivity index (χ0v) is 15.3. The first-order valence-electron chi connectivity index (χ1n) is 8.66. The Balaban J connectivity index is 1.60. The van der Waals surface area contributed by atoms with E-state index in [1.54, 1.807) is 11.0 Å². The number of likely N-dealkylation sites (tertiary alicyclic amines) is 1. The summed E-state index contributed by atoms with van der Waals surface area (Å²) in [5, 5.41) is 3.11. The Morgan fingerprint density at radius 3 is 2.85 bits per heavy atom. The monoisotopic (exact) mass is 390 g/mol. The van der Waals surface area contributed by atoms with Crippen molar-refractivity contribution in [3.63, 3.8) is 0 Å². The Morgan fingerprint density at radius 2 is 2.07 bits per heavy atom. The number of amides is 1. The molecule has 0 aliphatic carbocycles. The lowest BCUT2D eigenvalue weighted by Gasteiger charge is -2.42. The van der Waals surface area contributed by atoms with Crippen molar-refractivity contribution in [3.05, 3.63) is 54.0 Å². The van der Waals surface area contributed by atoms with Gasteiger partial charge in [0.2, 0.25) is 4.90 Å². The first-order valence-corrected chi connectivity index (χ1v) is 10.1. The minimum Gasteiger partial charge on any atom is -0.593 e. The van der Waals surface area contributed by atoms with Crippen LogP contribution in [0.3, 0.4) is 0 Å². The molecule has 1 saturated heterocycles. The van der Waals surface area contributed by atoms with Gasteiger partial charge in [0.05, 0.1) is 5.54 Å². The van der Waals surface area contributed by atoms with Crippen molar-refractivity contribution in [2.45, 2.75) is 23.3 Å². The van der Waals surface area contributed by atoms with E-state index in [1.807, 2.05) is 0 Å². The van der Waals surface area contributed by atoms with Crippen LogP contribution in [0.5, 0.6) is 0 Å². The summed E-state index contributed by atoms with van der Waals surface area (Å²) in [4.78, 5) is 18.6. The van der Waals surface area contributed by atoms with E-state index in [1.165, 1.54) is 36.5 Å². The summed E-state index contributed by atoms with van der Waals surface area (Å²) in [6, 6.07) is 8.43. The number of sulfonamides is 1. The fourth-order valence-corrected chi connectivity index (χ4v) is 5.23. The van der Waals surface area contributed by atoms with Gasteiger partial charge >= 0.3 is 0 Å². The van der Waals surface area contributed by atoms with Gasteiger partial charge in [-0.05, 0) is 43.2 Å². The number of pyridine rings is 1. The zero-order chi connectivity index (χ0) is 19.1. The maximum atomic E-state index is 13.1. The molecule has 0 saturated carbocycles. The lowest BCUT2D eigenvalue weighted by molar-refractivity contribution is 0.0636. The number of carbonyl (C=O) groups excluding carboxylic acids is 1. The average Bonchev–Trinajstić information content (AvgIpc) is 2.76. The Kier molecular flexibility index (Phi) is 4.45. The molecule has 142 valence electrons. The summed E-state index contributed by atoms with van der Waals surface area (Å²) >= 11 is 0. The largest absolute Gasteiger partial charge is 0.593 e. The van der Waals surface area contributed by atoms with E-state index in [0.717, 1.165) is 0 Å². The van der Waals surface area contributed by atoms with Gasteiger partial charge in [-0.1, -0.05) is 4.21 Å². The third-order valence-corrected chi connectivity index (χ3v) is 6.57. The second-order valence-electron chi connectivity index (χ2n) is 6.93. The number of rotatable bonds is 1. The summed E-state index contributed by atoms with van der Waals surface area (Å²) in [7, 11) is -3.77. The predicted octanol–water partition coefficient (Wildman–Crippen LogP) is 1.81. The van der Waals surface area contributed by atoms with Crippen molar-refractivity contribution in [3.8, 4) is 0 Å². The topological polar surface area (TPSA) is 97.4 Å². The van der Waals surface area contributed by atoms with Crippen molar-refractivity contribution in [2.75, 3.05) is 25.0 Å². The first-order chi connectivity index (χ1) is 12.9. The highest BCUT2D eigenvalue weighted by Crippen LogP contribution is 2.32. The smallest absolute Gasteiger partial charge is 0.253 e. The molecule has 2 aromatic rings. The fourth-order valence-electron chi connectivity index (χ4n) is 3.68. The number of halogens is 1. The predicted molar refractivity (Wildman–Crippen MR) is 97.2 cm³/mol. The van der Waals surface area contributed by atoms with E-state index < -0.39 is 21.8 Å². The van der Waals surface area contributed by atoms with Crippen LogP contribution in [-0.4, -0.2) is 45.5 Å². The number of nitrogens with one attached hydrogen (secondary N) is 2. The highest BCUT2D eigenvalue weighted by atomic mass is 32.3. The number of piperidine rings is 1. The molecule has 27 heavy (non-hydrogen) atoms. The van der Waals surface area contributed by atoms with Crippen molar-refractivity contribution >= 4 is 22.1 Å². The normalized spacial score (nSPS) is 27.6. The SMILES string of the molecule is O=C(c1ccc(F)cc1)N1CCCC2(CNc3ncccc3[S+](=O)([O-])N2)C1. The summed E-state index contributed by atoms with van der Waals surface area (Å²) in [6.45, 7) is 1.07. The van der Waals surface area contributed by atoms with Gasteiger partial charge in [0.25, 0.3) is 5.91 Å². The lowest BCUT2D eigenvalue weighted by atomic mass is 9.89. The van der Waals surface area contributed by atoms with Crippen LogP contribution in [0.15, 0.2) is 47.5 Å². The molecule has 2 aliphatic heterocycles. The van der Waals surface area contributed by atoms with E-state index >= 15 is 0 Å². The molecule has 2 N–H and O–H groups in total. The molecule has 1 spiro atoms. The van der Waals surface area contributed by atoms with Gasteiger partial charge < -0.3 is 14.8 Å². The molecule has 1 aromatic heterocycles. The molecule has 2 atom stereocenters. The minimum atomic E-state index is -3.77. The standard InChI is InChI=1S/C18H19FN4O3S/c19-14-6-4-13(5-7-14)17(24)23-10-2-8-18(12-23)11-21-16-15(3-1-9-20-16)27(25,26)22-18/h1,3-7,9H,2,8,10-12H2,(H2-,20,21,22,25,26). The van der Waals surface area contributed by atoms with Gasteiger partial charge in [0, 0.05) is 37.5 Å². The third-order valence-electron chi connectivity index (χ3n) is 4.96. The number of benzene rings is 1. The van der Waals surface area contributed by atoms with Crippen LogP contribution in [0, 0.1) is 5.82 Å². The molecule has 1 aromatic carbocycles. The van der Waals surface area contributed by atoms with Crippen LogP contribution in [0.1, 0.15) is 23.2 Å². The van der Waals surface area contributed by atoms with Crippen molar-refractivity contribution in [1.82, 2.24) is 14.6 Å². The van der Waals surface area contributed by atoms with E-state index in [4.69, 9.17) is 0 Å². The summed E-state index contributed by atoms with van der Waals surface area (Å²) in [5.74, 6) is -0.343. The Bertz CT molecular complexity index is 923. The van der Waals surface area contributed by atoms with Crippen molar-refractivity contribution in [1.29, 1.82) is 0 Å². The molecule has 4 rings (SSSR count). The highest BCUT2D eigenvalue weighted by molar-refractivity contribution is 7.96. The van der Waals surface area contributed by atoms with E-state index in [2.05, 4.69) is 15.0 Å². The molecule has 3 heterocycles. The van der Waals surface area contributed by atoms with Gasteiger partial charge in [0.15, 0.2) is 16.2 Å². The fraction of sp³-hybridized carbons (Fsp3) is 0.333. The maximum absolute atomic E-state index is 13.1. The number of carbonyl (C=O) groups is 1. The number of fused-ring (bicyclic) bond motifs is 1. The van der Waals surface area contributed by atoms with Crippen LogP contribution in [0.4, 0.5) is 10.2 Å². The molecule has 9 heteroatoms. The summed E-state index contributed by atoms with van der Waals surface area (Å²) < 4.78 is 41.5. The Labute approximate surface area is 157 Å². The van der Waals surface area contributed by atoms with E-state index in [-0.39, 0.29) is 17.3 Å². The number of aromatic nitrogens is 1. The van der Waals surface area contributed by atoms with Gasteiger partial charge in [0.1, 0.15) is 5.82 Å². The molecule has 2 unspecified atom stereocenters. The van der Waals surface area contributed by atoms with E-state index in [9.17, 15) is 17.9 Å². The van der Waals surface area contributed by atoms with Crippen molar-refractivity contribution < 1.29 is 17.9 Å². The van der Waals surface area contributed by atoms with Gasteiger partial charge in [-0.2, -0.15) is 0 Å². The quantitative estimate of drug-likeness (QED) is 0.724. The molecule has 7 nitrogen and oxygen atoms in total. The zero-order valence-electron chi connectivity index (χ0n) is 14.5. The van der Waals surface area contributed by atoms with Crippen LogP contribution >= 0.6 is 0 Å². The molecular weight excluding hydrogens is 371 g/mol. The molecular formula is C18H19FN4O3S. The maximum Gasteiger partial charge on any atom is 0.253 e. The molecule has 0 radical (unpaired) electrons. The third kappa shape index (κ3) is 3.45. The van der Waals surface area contributed by atoms with Crippen LogP contribution < -0.4 is 10.0 Å². The number of hydrogen-bond acceptors (Lipinski definition) is 5. The Morgan fingerprint density at radius 1 is 1.30 bits per heavy atom. The van der Waals surface area contributed by atoms with E-state index in [0.29, 0.717) is 37.3 Å².